The van der Waals surface area contributed by atoms with Crippen LogP contribution in [-0.2, 0) is 13.0 Å². The molecule has 2 fully saturated rings. The zero-order chi connectivity index (χ0) is 18.5. The first kappa shape index (κ1) is 21.8. The number of benzene rings is 1. The molecule has 3 aliphatic rings. The summed E-state index contributed by atoms with van der Waals surface area (Å²) in [5.41, 5.74) is 3.01. The number of hydrogen-bond donors (Lipinski definition) is 2. The van der Waals surface area contributed by atoms with Crippen LogP contribution in [0.5, 0.6) is 0 Å². The van der Waals surface area contributed by atoms with Crippen LogP contribution in [0.15, 0.2) is 29.3 Å². The fourth-order valence-electron chi connectivity index (χ4n) is 4.97. The molecule has 0 amide bonds. The van der Waals surface area contributed by atoms with Gasteiger partial charge in [-0.1, -0.05) is 37.1 Å². The second-order valence-corrected chi connectivity index (χ2v) is 8.36. The Morgan fingerprint density at radius 2 is 1.89 bits per heavy atom. The average molecular weight is 497 g/mol. The Morgan fingerprint density at radius 1 is 1.11 bits per heavy atom. The smallest absolute Gasteiger partial charge is 0.191 e. The molecule has 2 heterocycles. The Hall–Kier alpha value is -0.860. The number of halogens is 1. The van der Waals surface area contributed by atoms with E-state index in [0.717, 1.165) is 38.2 Å². The first-order valence-corrected chi connectivity index (χ1v) is 10.8. The van der Waals surface area contributed by atoms with Crippen LogP contribution in [-0.4, -0.2) is 67.6 Å². The summed E-state index contributed by atoms with van der Waals surface area (Å²) in [5, 5.41) is 7.18. The topological polar surface area (TPSA) is 42.9 Å². The van der Waals surface area contributed by atoms with Crippen molar-refractivity contribution in [2.45, 2.75) is 57.2 Å². The molecule has 156 valence electrons. The van der Waals surface area contributed by atoms with E-state index in [4.69, 9.17) is 0 Å². The summed E-state index contributed by atoms with van der Waals surface area (Å²) < 4.78 is 0. The fourth-order valence-corrected chi connectivity index (χ4v) is 4.97. The largest absolute Gasteiger partial charge is 0.355 e. The number of hydrogen-bond acceptors (Lipinski definition) is 3. The second-order valence-electron chi connectivity index (χ2n) is 8.36. The van der Waals surface area contributed by atoms with Gasteiger partial charge in [-0.15, -0.1) is 24.0 Å². The SMILES string of the molecule is CN=C(NCCN1CCc2ccccc2C1)NC1CCN(C2CCCC2)C1.I. The Kier molecular flexibility index (Phi) is 8.41. The second kappa shape index (κ2) is 10.8. The highest BCUT2D eigenvalue weighted by Gasteiger charge is 2.30. The Bertz CT molecular complexity index is 644. The molecular formula is C22H36IN5. The summed E-state index contributed by atoms with van der Waals surface area (Å²) in [6.45, 7) is 6.65. The third kappa shape index (κ3) is 5.60. The van der Waals surface area contributed by atoms with E-state index in [0.29, 0.717) is 6.04 Å². The van der Waals surface area contributed by atoms with Gasteiger partial charge in [0.05, 0.1) is 0 Å². The van der Waals surface area contributed by atoms with Crippen molar-refractivity contribution >= 4 is 29.9 Å². The molecule has 4 rings (SSSR count). The van der Waals surface area contributed by atoms with Gasteiger partial charge < -0.3 is 10.6 Å². The molecule has 5 nitrogen and oxygen atoms in total. The van der Waals surface area contributed by atoms with Crippen LogP contribution < -0.4 is 10.6 Å². The van der Waals surface area contributed by atoms with Crippen molar-refractivity contribution in [2.24, 2.45) is 4.99 Å². The normalized spacial score (nSPS) is 24.0. The minimum absolute atomic E-state index is 0. The number of nitrogens with one attached hydrogen (secondary N) is 2. The predicted molar refractivity (Wildman–Crippen MR) is 128 cm³/mol. The van der Waals surface area contributed by atoms with Gasteiger partial charge in [0.15, 0.2) is 5.96 Å². The molecule has 2 N–H and O–H groups in total. The van der Waals surface area contributed by atoms with E-state index in [9.17, 15) is 0 Å². The van der Waals surface area contributed by atoms with Gasteiger partial charge in [-0.3, -0.25) is 14.8 Å². The standard InChI is InChI=1S/C22H35N5.HI/c1-23-22(25-20-11-14-27(17-20)21-8-4-5-9-21)24-12-15-26-13-10-18-6-2-3-7-19(18)16-26;/h2-3,6-7,20-21H,4-5,8-17H2,1H3,(H2,23,24,25);1H. The lowest BCUT2D eigenvalue weighted by Gasteiger charge is -2.29. The van der Waals surface area contributed by atoms with Gasteiger partial charge in [0, 0.05) is 58.4 Å². The third-order valence-electron chi connectivity index (χ3n) is 6.56. The molecule has 0 radical (unpaired) electrons. The van der Waals surface area contributed by atoms with E-state index in [-0.39, 0.29) is 24.0 Å². The number of likely N-dealkylation sites (tertiary alicyclic amines) is 1. The Balaban J connectivity index is 0.00000225. The molecule has 1 unspecified atom stereocenters. The maximum Gasteiger partial charge on any atom is 0.191 e. The summed E-state index contributed by atoms with van der Waals surface area (Å²) in [6.07, 6.45) is 8.05. The third-order valence-corrected chi connectivity index (χ3v) is 6.56. The molecule has 1 aliphatic carbocycles. The van der Waals surface area contributed by atoms with E-state index in [1.165, 1.54) is 62.7 Å². The van der Waals surface area contributed by atoms with E-state index in [1.54, 1.807) is 0 Å². The Labute approximate surface area is 187 Å². The van der Waals surface area contributed by atoms with Crippen molar-refractivity contribution in [3.05, 3.63) is 35.4 Å². The van der Waals surface area contributed by atoms with Crippen LogP contribution in [0.25, 0.3) is 0 Å². The maximum absolute atomic E-state index is 4.45. The molecule has 28 heavy (non-hydrogen) atoms. The minimum atomic E-state index is 0. The predicted octanol–water partition coefficient (Wildman–Crippen LogP) is 2.84. The number of fused-ring (bicyclic) bond motifs is 1. The summed E-state index contributed by atoms with van der Waals surface area (Å²) in [5.74, 6) is 0.964. The number of rotatable bonds is 5. The van der Waals surface area contributed by atoms with Crippen LogP contribution in [0.4, 0.5) is 0 Å². The van der Waals surface area contributed by atoms with Crippen LogP contribution >= 0.6 is 24.0 Å². The zero-order valence-electron chi connectivity index (χ0n) is 17.2. The van der Waals surface area contributed by atoms with Gasteiger partial charge in [0.1, 0.15) is 0 Å². The number of guanidine groups is 1. The van der Waals surface area contributed by atoms with Crippen molar-refractivity contribution in [1.29, 1.82) is 0 Å². The molecule has 6 heteroatoms. The summed E-state index contributed by atoms with van der Waals surface area (Å²) in [6, 6.07) is 10.2. The van der Waals surface area contributed by atoms with E-state index < -0.39 is 0 Å². The summed E-state index contributed by atoms with van der Waals surface area (Å²) in [4.78, 5) is 9.69. The highest BCUT2D eigenvalue weighted by atomic mass is 127. The number of aliphatic imine (C=N–C) groups is 1. The lowest BCUT2D eigenvalue weighted by Crippen LogP contribution is -2.47. The fraction of sp³-hybridized carbons (Fsp3) is 0.682. The lowest BCUT2D eigenvalue weighted by atomic mass is 10.00. The molecule has 1 aromatic rings. The quantitative estimate of drug-likeness (QED) is 0.373. The minimum Gasteiger partial charge on any atom is -0.355 e. The molecule has 1 aromatic carbocycles. The van der Waals surface area contributed by atoms with E-state index in [2.05, 4.69) is 49.7 Å². The highest BCUT2D eigenvalue weighted by Crippen LogP contribution is 2.26. The molecule has 0 spiro atoms. The van der Waals surface area contributed by atoms with Gasteiger partial charge >= 0.3 is 0 Å². The van der Waals surface area contributed by atoms with E-state index in [1.807, 2.05) is 7.05 Å². The molecule has 1 saturated carbocycles. The summed E-state index contributed by atoms with van der Waals surface area (Å²) >= 11 is 0. The van der Waals surface area contributed by atoms with Crippen LogP contribution in [0.3, 0.4) is 0 Å². The van der Waals surface area contributed by atoms with Crippen molar-refractivity contribution in [3.8, 4) is 0 Å². The first-order valence-electron chi connectivity index (χ1n) is 10.8. The van der Waals surface area contributed by atoms with Gasteiger partial charge in [0.25, 0.3) is 0 Å². The monoisotopic (exact) mass is 497 g/mol. The zero-order valence-corrected chi connectivity index (χ0v) is 19.5. The average Bonchev–Trinajstić information content (AvgIpc) is 3.39. The Morgan fingerprint density at radius 3 is 2.68 bits per heavy atom. The molecule has 2 aliphatic heterocycles. The molecule has 1 saturated heterocycles. The van der Waals surface area contributed by atoms with Gasteiger partial charge in [-0.2, -0.15) is 0 Å². The summed E-state index contributed by atoms with van der Waals surface area (Å²) in [7, 11) is 1.89. The van der Waals surface area contributed by atoms with E-state index >= 15 is 0 Å². The lowest BCUT2D eigenvalue weighted by molar-refractivity contribution is 0.242. The van der Waals surface area contributed by atoms with Gasteiger partial charge in [0.2, 0.25) is 0 Å². The van der Waals surface area contributed by atoms with Crippen molar-refractivity contribution in [3.63, 3.8) is 0 Å². The molecular weight excluding hydrogens is 461 g/mol. The van der Waals surface area contributed by atoms with Gasteiger partial charge in [-0.25, -0.2) is 0 Å². The van der Waals surface area contributed by atoms with Crippen LogP contribution in [0.2, 0.25) is 0 Å². The first-order chi connectivity index (χ1) is 13.3. The van der Waals surface area contributed by atoms with Crippen LogP contribution in [0.1, 0.15) is 43.2 Å². The van der Waals surface area contributed by atoms with Crippen molar-refractivity contribution in [1.82, 2.24) is 20.4 Å². The molecule has 1 atom stereocenters. The van der Waals surface area contributed by atoms with Crippen LogP contribution in [0, 0.1) is 0 Å². The number of nitrogens with zero attached hydrogens (tertiary/aromatic N) is 3. The molecule has 0 bridgehead atoms. The molecule has 0 aromatic heterocycles. The van der Waals surface area contributed by atoms with Crippen molar-refractivity contribution < 1.29 is 0 Å². The van der Waals surface area contributed by atoms with Gasteiger partial charge in [-0.05, 0) is 36.8 Å². The maximum atomic E-state index is 4.45. The van der Waals surface area contributed by atoms with Crippen molar-refractivity contribution in [2.75, 3.05) is 39.8 Å². The highest BCUT2D eigenvalue weighted by molar-refractivity contribution is 14.0.